The molecule has 2 rings (SSSR count). The lowest BCUT2D eigenvalue weighted by atomic mass is 10.1. The maximum absolute atomic E-state index is 11.8. The van der Waals surface area contributed by atoms with Crippen molar-refractivity contribution in [3.63, 3.8) is 0 Å². The number of benzene rings is 2. The van der Waals surface area contributed by atoms with Crippen LogP contribution in [0, 0.1) is 6.92 Å². The third-order valence-corrected chi connectivity index (χ3v) is 2.74. The van der Waals surface area contributed by atoms with Crippen molar-refractivity contribution in [1.29, 1.82) is 0 Å². The summed E-state index contributed by atoms with van der Waals surface area (Å²) in [6.07, 6.45) is 0. The Hall–Kier alpha value is -2.42. The van der Waals surface area contributed by atoms with Gasteiger partial charge in [-0.25, -0.2) is 4.79 Å². The molecular formula is C16H15NO2. The second kappa shape index (κ2) is 5.96. The van der Waals surface area contributed by atoms with Gasteiger partial charge in [-0.1, -0.05) is 53.2 Å². The van der Waals surface area contributed by atoms with Gasteiger partial charge in [-0.3, -0.25) is 0 Å². The lowest BCUT2D eigenvalue weighted by Crippen LogP contribution is -2.03. The number of carbonyl (C=O) groups excluding carboxylic acids is 1. The predicted molar refractivity (Wildman–Crippen MR) is 75.2 cm³/mol. The SMILES string of the molecule is C/C(=N\OC(=O)c1ccc(C)cc1)c1ccccc1. The first kappa shape index (κ1) is 13.0. The largest absolute Gasteiger partial charge is 0.365 e. The van der Waals surface area contributed by atoms with Gasteiger partial charge in [0.05, 0.1) is 11.3 Å². The van der Waals surface area contributed by atoms with Crippen LogP contribution in [0.4, 0.5) is 0 Å². The standard InChI is InChI=1S/C16H15NO2/c1-12-8-10-15(11-9-12)16(18)19-17-13(2)14-6-4-3-5-7-14/h3-11H,1-2H3/b17-13+. The Morgan fingerprint density at radius 2 is 1.58 bits per heavy atom. The fourth-order valence-corrected chi connectivity index (χ4v) is 1.58. The van der Waals surface area contributed by atoms with Crippen LogP contribution in [0.3, 0.4) is 0 Å². The third-order valence-electron chi connectivity index (χ3n) is 2.74. The number of oxime groups is 1. The summed E-state index contributed by atoms with van der Waals surface area (Å²) in [5, 5.41) is 3.86. The minimum absolute atomic E-state index is 0.449. The third kappa shape index (κ3) is 3.52. The van der Waals surface area contributed by atoms with Gasteiger partial charge in [0.25, 0.3) is 0 Å². The molecule has 3 nitrogen and oxygen atoms in total. The van der Waals surface area contributed by atoms with Gasteiger partial charge in [-0.15, -0.1) is 0 Å². The van der Waals surface area contributed by atoms with Crippen molar-refractivity contribution < 1.29 is 9.63 Å². The maximum atomic E-state index is 11.8. The summed E-state index contributed by atoms with van der Waals surface area (Å²) in [5.74, 6) is -0.449. The number of aryl methyl sites for hydroxylation is 1. The van der Waals surface area contributed by atoms with Crippen LogP contribution in [-0.2, 0) is 4.84 Å². The Morgan fingerprint density at radius 3 is 2.21 bits per heavy atom. The fraction of sp³-hybridized carbons (Fsp3) is 0.125. The summed E-state index contributed by atoms with van der Waals surface area (Å²) < 4.78 is 0. The summed E-state index contributed by atoms with van der Waals surface area (Å²) in [4.78, 5) is 16.7. The zero-order chi connectivity index (χ0) is 13.7. The van der Waals surface area contributed by atoms with Crippen LogP contribution >= 0.6 is 0 Å². The molecule has 0 unspecified atom stereocenters. The van der Waals surface area contributed by atoms with E-state index in [0.717, 1.165) is 11.1 Å². The normalized spacial score (nSPS) is 11.2. The Labute approximate surface area is 112 Å². The molecule has 19 heavy (non-hydrogen) atoms. The van der Waals surface area contributed by atoms with E-state index in [1.807, 2.05) is 49.4 Å². The molecule has 0 aliphatic carbocycles. The number of hydrogen-bond acceptors (Lipinski definition) is 3. The molecule has 0 atom stereocenters. The van der Waals surface area contributed by atoms with E-state index in [2.05, 4.69) is 5.16 Å². The second-order valence-electron chi connectivity index (χ2n) is 4.29. The van der Waals surface area contributed by atoms with Crippen LogP contribution in [0.2, 0.25) is 0 Å². The van der Waals surface area contributed by atoms with Gasteiger partial charge in [0.2, 0.25) is 0 Å². The van der Waals surface area contributed by atoms with E-state index >= 15 is 0 Å². The molecule has 0 amide bonds. The smallest absolute Gasteiger partial charge is 0.313 e. The minimum Gasteiger partial charge on any atom is -0.313 e. The molecule has 0 bridgehead atoms. The number of rotatable bonds is 3. The molecule has 0 spiro atoms. The van der Waals surface area contributed by atoms with Crippen molar-refractivity contribution in [2.45, 2.75) is 13.8 Å². The molecule has 2 aromatic rings. The Bertz CT molecular complexity index is 586. The molecule has 3 heteroatoms. The van der Waals surface area contributed by atoms with Gasteiger partial charge in [0.15, 0.2) is 0 Å². The molecule has 96 valence electrons. The zero-order valence-corrected chi connectivity index (χ0v) is 11.0. The van der Waals surface area contributed by atoms with E-state index < -0.39 is 5.97 Å². The average Bonchev–Trinajstić information content (AvgIpc) is 2.46. The molecule has 0 N–H and O–H groups in total. The topological polar surface area (TPSA) is 38.7 Å². The zero-order valence-electron chi connectivity index (χ0n) is 11.0. The van der Waals surface area contributed by atoms with Gasteiger partial charge >= 0.3 is 5.97 Å². The molecule has 0 saturated carbocycles. The van der Waals surface area contributed by atoms with E-state index in [1.165, 1.54) is 0 Å². The summed E-state index contributed by atoms with van der Waals surface area (Å²) in [6.45, 7) is 3.77. The van der Waals surface area contributed by atoms with Gasteiger partial charge in [0, 0.05) is 0 Å². The van der Waals surface area contributed by atoms with Crippen LogP contribution in [-0.4, -0.2) is 11.7 Å². The van der Waals surface area contributed by atoms with E-state index in [9.17, 15) is 4.79 Å². The lowest BCUT2D eigenvalue weighted by molar-refractivity contribution is 0.0516. The summed E-state index contributed by atoms with van der Waals surface area (Å²) >= 11 is 0. The number of nitrogens with zero attached hydrogens (tertiary/aromatic N) is 1. The van der Waals surface area contributed by atoms with Crippen LogP contribution in [0.25, 0.3) is 0 Å². The first-order chi connectivity index (χ1) is 9.16. The molecule has 0 radical (unpaired) electrons. The van der Waals surface area contributed by atoms with Crippen molar-refractivity contribution in [3.8, 4) is 0 Å². The van der Waals surface area contributed by atoms with E-state index in [-0.39, 0.29) is 0 Å². The molecular weight excluding hydrogens is 238 g/mol. The van der Waals surface area contributed by atoms with Crippen molar-refractivity contribution in [1.82, 2.24) is 0 Å². The van der Waals surface area contributed by atoms with Crippen LogP contribution in [0.5, 0.6) is 0 Å². The highest BCUT2D eigenvalue weighted by atomic mass is 16.7. The average molecular weight is 253 g/mol. The maximum Gasteiger partial charge on any atom is 0.365 e. The van der Waals surface area contributed by atoms with Crippen LogP contribution in [0.15, 0.2) is 59.8 Å². The number of hydrogen-bond donors (Lipinski definition) is 0. The minimum atomic E-state index is -0.449. The molecule has 0 fully saturated rings. The van der Waals surface area contributed by atoms with E-state index in [1.54, 1.807) is 19.1 Å². The Balaban J connectivity index is 2.06. The first-order valence-electron chi connectivity index (χ1n) is 6.05. The van der Waals surface area contributed by atoms with Gasteiger partial charge in [0.1, 0.15) is 0 Å². The summed E-state index contributed by atoms with van der Waals surface area (Å²) in [5.41, 5.74) is 3.19. The van der Waals surface area contributed by atoms with E-state index in [4.69, 9.17) is 4.84 Å². The fourth-order valence-electron chi connectivity index (χ4n) is 1.58. The lowest BCUT2D eigenvalue weighted by Gasteiger charge is -2.01. The van der Waals surface area contributed by atoms with Crippen LogP contribution in [0.1, 0.15) is 28.4 Å². The highest BCUT2D eigenvalue weighted by Crippen LogP contribution is 2.06. The van der Waals surface area contributed by atoms with Crippen molar-refractivity contribution >= 4 is 11.7 Å². The number of carbonyl (C=O) groups is 1. The molecule has 0 aliphatic heterocycles. The van der Waals surface area contributed by atoms with Gasteiger partial charge in [-0.2, -0.15) is 0 Å². The Morgan fingerprint density at radius 1 is 0.947 bits per heavy atom. The van der Waals surface area contributed by atoms with Crippen LogP contribution < -0.4 is 0 Å². The Kier molecular flexibility index (Phi) is 4.08. The summed E-state index contributed by atoms with van der Waals surface area (Å²) in [7, 11) is 0. The quantitative estimate of drug-likeness (QED) is 0.476. The molecule has 0 aromatic heterocycles. The van der Waals surface area contributed by atoms with Crippen molar-refractivity contribution in [3.05, 3.63) is 71.3 Å². The monoisotopic (exact) mass is 253 g/mol. The van der Waals surface area contributed by atoms with Crippen molar-refractivity contribution in [2.24, 2.45) is 5.16 Å². The second-order valence-corrected chi connectivity index (χ2v) is 4.29. The molecule has 0 saturated heterocycles. The van der Waals surface area contributed by atoms with E-state index in [0.29, 0.717) is 11.3 Å². The highest BCUT2D eigenvalue weighted by molar-refractivity contribution is 5.99. The van der Waals surface area contributed by atoms with Gasteiger partial charge < -0.3 is 4.84 Å². The predicted octanol–water partition coefficient (Wildman–Crippen LogP) is 3.58. The molecule has 0 heterocycles. The van der Waals surface area contributed by atoms with Gasteiger partial charge in [-0.05, 0) is 31.5 Å². The molecule has 0 aliphatic rings. The van der Waals surface area contributed by atoms with Crippen molar-refractivity contribution in [2.75, 3.05) is 0 Å². The summed E-state index contributed by atoms with van der Waals surface area (Å²) in [6, 6.07) is 16.8. The first-order valence-corrected chi connectivity index (χ1v) is 6.05. The highest BCUT2D eigenvalue weighted by Gasteiger charge is 2.06. The molecule has 2 aromatic carbocycles.